The van der Waals surface area contributed by atoms with E-state index in [-0.39, 0.29) is 5.91 Å². The van der Waals surface area contributed by atoms with Crippen LogP contribution < -0.4 is 5.32 Å². The number of carbonyl (C=O) groups is 1. The van der Waals surface area contributed by atoms with Crippen LogP contribution in [0.4, 0.5) is 5.82 Å². The van der Waals surface area contributed by atoms with Crippen LogP contribution in [0.15, 0.2) is 12.1 Å². The first-order valence-electron chi connectivity index (χ1n) is 6.91. The van der Waals surface area contributed by atoms with Crippen LogP contribution >= 0.6 is 11.8 Å². The average molecular weight is 294 g/mol. The maximum Gasteiger partial charge on any atom is 0.273 e. The SMILES string of the molecule is CSC1(CNc2ccc(C(=O)N(C)C)nn2)CCCC1. The first-order valence-corrected chi connectivity index (χ1v) is 8.13. The molecule has 0 bridgehead atoms. The van der Waals surface area contributed by atoms with Crippen LogP contribution in [0.2, 0.25) is 0 Å². The number of nitrogens with one attached hydrogen (secondary N) is 1. The summed E-state index contributed by atoms with van der Waals surface area (Å²) < 4.78 is 0.333. The van der Waals surface area contributed by atoms with Crippen molar-refractivity contribution in [2.24, 2.45) is 0 Å². The van der Waals surface area contributed by atoms with Crippen molar-refractivity contribution in [3.8, 4) is 0 Å². The molecule has 110 valence electrons. The van der Waals surface area contributed by atoms with Gasteiger partial charge in [0.05, 0.1) is 0 Å². The Morgan fingerprint density at radius 2 is 2.05 bits per heavy atom. The van der Waals surface area contributed by atoms with Crippen LogP contribution in [0.5, 0.6) is 0 Å². The molecule has 0 unspecified atom stereocenters. The second-order valence-corrected chi connectivity index (χ2v) is 6.73. The van der Waals surface area contributed by atoms with E-state index < -0.39 is 0 Å². The summed E-state index contributed by atoms with van der Waals surface area (Å²) >= 11 is 1.94. The molecule has 6 heteroatoms. The van der Waals surface area contributed by atoms with Crippen molar-refractivity contribution in [1.29, 1.82) is 0 Å². The van der Waals surface area contributed by atoms with E-state index in [0.29, 0.717) is 10.4 Å². The van der Waals surface area contributed by atoms with Gasteiger partial charge in [0.15, 0.2) is 5.69 Å². The van der Waals surface area contributed by atoms with E-state index >= 15 is 0 Å². The molecular formula is C14H22N4OS. The molecule has 1 aliphatic rings. The van der Waals surface area contributed by atoms with Gasteiger partial charge >= 0.3 is 0 Å². The predicted octanol–water partition coefficient (Wildman–Crippen LogP) is 2.27. The van der Waals surface area contributed by atoms with Crippen LogP contribution in [-0.2, 0) is 0 Å². The molecule has 0 atom stereocenters. The molecule has 5 nitrogen and oxygen atoms in total. The maximum absolute atomic E-state index is 11.7. The molecule has 0 spiro atoms. The highest BCUT2D eigenvalue weighted by molar-refractivity contribution is 8.00. The molecule has 1 aromatic heterocycles. The average Bonchev–Trinajstić information content (AvgIpc) is 2.94. The van der Waals surface area contributed by atoms with Crippen LogP contribution in [0.3, 0.4) is 0 Å². The molecular weight excluding hydrogens is 272 g/mol. The van der Waals surface area contributed by atoms with Crippen molar-refractivity contribution >= 4 is 23.5 Å². The summed E-state index contributed by atoms with van der Waals surface area (Å²) in [5.74, 6) is 0.612. The fourth-order valence-electron chi connectivity index (χ4n) is 2.49. The number of hydrogen-bond acceptors (Lipinski definition) is 5. The van der Waals surface area contributed by atoms with Crippen LogP contribution in [0, 0.1) is 0 Å². The maximum atomic E-state index is 11.7. The highest BCUT2D eigenvalue weighted by atomic mass is 32.2. The first kappa shape index (κ1) is 15.1. The monoisotopic (exact) mass is 294 g/mol. The van der Waals surface area contributed by atoms with Crippen molar-refractivity contribution in [1.82, 2.24) is 15.1 Å². The Hall–Kier alpha value is -1.30. The van der Waals surface area contributed by atoms with Crippen LogP contribution in [-0.4, -0.2) is 52.6 Å². The number of nitrogens with zero attached hydrogens (tertiary/aromatic N) is 3. The molecule has 1 amide bonds. The molecule has 0 radical (unpaired) electrons. The lowest BCUT2D eigenvalue weighted by molar-refractivity contribution is 0.0821. The minimum absolute atomic E-state index is 0.125. The van der Waals surface area contributed by atoms with Gasteiger partial charge in [0.1, 0.15) is 5.82 Å². The third-order valence-electron chi connectivity index (χ3n) is 3.83. The van der Waals surface area contributed by atoms with Gasteiger partial charge in [-0.05, 0) is 31.2 Å². The number of thioether (sulfide) groups is 1. The second kappa shape index (κ2) is 6.43. The van der Waals surface area contributed by atoms with Crippen molar-refractivity contribution < 1.29 is 4.79 Å². The Balaban J connectivity index is 1.95. The van der Waals surface area contributed by atoms with Crippen LogP contribution in [0.25, 0.3) is 0 Å². The second-order valence-electron chi connectivity index (χ2n) is 5.45. The minimum atomic E-state index is -0.125. The van der Waals surface area contributed by atoms with Gasteiger partial charge in [-0.1, -0.05) is 12.8 Å². The molecule has 1 aromatic rings. The fourth-order valence-corrected chi connectivity index (χ4v) is 3.41. The van der Waals surface area contributed by atoms with E-state index in [0.717, 1.165) is 12.4 Å². The van der Waals surface area contributed by atoms with Gasteiger partial charge in [-0.3, -0.25) is 4.79 Å². The molecule has 0 aliphatic heterocycles. The van der Waals surface area contributed by atoms with E-state index in [2.05, 4.69) is 21.8 Å². The third kappa shape index (κ3) is 3.42. The number of anilines is 1. The Morgan fingerprint density at radius 3 is 2.55 bits per heavy atom. The molecule has 20 heavy (non-hydrogen) atoms. The zero-order chi connectivity index (χ0) is 14.6. The summed E-state index contributed by atoms with van der Waals surface area (Å²) in [6.07, 6.45) is 7.31. The first-order chi connectivity index (χ1) is 9.56. The third-order valence-corrected chi connectivity index (χ3v) is 5.25. The number of rotatable bonds is 5. The topological polar surface area (TPSA) is 58.1 Å². The quantitative estimate of drug-likeness (QED) is 0.902. The summed E-state index contributed by atoms with van der Waals surface area (Å²) in [4.78, 5) is 13.2. The molecule has 1 N–H and O–H groups in total. The Kier molecular flexibility index (Phi) is 4.86. The molecule has 2 rings (SSSR count). The van der Waals surface area contributed by atoms with Crippen molar-refractivity contribution in [3.05, 3.63) is 17.8 Å². The standard InChI is InChI=1S/C14H22N4OS/c1-18(2)13(19)11-6-7-12(17-16-11)15-10-14(20-3)8-4-5-9-14/h6-7H,4-5,8-10H2,1-3H3,(H,15,17). The van der Waals surface area contributed by atoms with Crippen LogP contribution in [0.1, 0.15) is 36.2 Å². The zero-order valence-corrected chi connectivity index (χ0v) is 13.2. The molecule has 1 heterocycles. The van der Waals surface area contributed by atoms with E-state index in [4.69, 9.17) is 0 Å². The number of hydrogen-bond donors (Lipinski definition) is 1. The summed E-state index contributed by atoms with van der Waals surface area (Å²) in [5.41, 5.74) is 0.376. The number of amides is 1. The molecule has 0 aromatic carbocycles. The van der Waals surface area contributed by atoms with Gasteiger partial charge in [0, 0.05) is 25.4 Å². The van der Waals surface area contributed by atoms with Gasteiger partial charge in [-0.25, -0.2) is 0 Å². The Morgan fingerprint density at radius 1 is 1.35 bits per heavy atom. The summed E-state index contributed by atoms with van der Waals surface area (Å²) in [6.45, 7) is 0.907. The van der Waals surface area contributed by atoms with Crippen molar-refractivity contribution in [2.75, 3.05) is 32.2 Å². The highest BCUT2D eigenvalue weighted by Crippen LogP contribution is 2.40. The van der Waals surface area contributed by atoms with Crippen molar-refractivity contribution in [3.63, 3.8) is 0 Å². The van der Waals surface area contributed by atoms with E-state index in [1.165, 1.54) is 30.6 Å². The smallest absolute Gasteiger partial charge is 0.273 e. The highest BCUT2D eigenvalue weighted by Gasteiger charge is 2.32. The minimum Gasteiger partial charge on any atom is -0.367 e. The Labute approximate surface area is 124 Å². The zero-order valence-electron chi connectivity index (χ0n) is 12.3. The fraction of sp³-hybridized carbons (Fsp3) is 0.643. The molecule has 1 aliphatic carbocycles. The van der Waals surface area contributed by atoms with Gasteiger partial charge in [0.25, 0.3) is 5.91 Å². The number of aromatic nitrogens is 2. The lowest BCUT2D eigenvalue weighted by atomic mass is 10.1. The van der Waals surface area contributed by atoms with Gasteiger partial charge in [-0.15, -0.1) is 10.2 Å². The largest absolute Gasteiger partial charge is 0.367 e. The molecule has 0 saturated heterocycles. The van der Waals surface area contributed by atoms with E-state index in [9.17, 15) is 4.79 Å². The summed E-state index contributed by atoms with van der Waals surface area (Å²) in [7, 11) is 3.41. The van der Waals surface area contributed by atoms with Crippen molar-refractivity contribution in [2.45, 2.75) is 30.4 Å². The van der Waals surface area contributed by atoms with E-state index in [1.807, 2.05) is 17.8 Å². The molecule has 1 fully saturated rings. The Bertz CT molecular complexity index is 455. The normalized spacial score (nSPS) is 16.9. The lowest BCUT2D eigenvalue weighted by Gasteiger charge is -2.27. The predicted molar refractivity (Wildman–Crippen MR) is 83.3 cm³/mol. The molecule has 1 saturated carbocycles. The van der Waals surface area contributed by atoms with Gasteiger partial charge in [-0.2, -0.15) is 11.8 Å². The summed E-state index contributed by atoms with van der Waals surface area (Å²) in [6, 6.07) is 3.55. The lowest BCUT2D eigenvalue weighted by Crippen LogP contribution is -2.30. The summed E-state index contributed by atoms with van der Waals surface area (Å²) in [5, 5.41) is 11.4. The van der Waals surface area contributed by atoms with E-state index in [1.54, 1.807) is 20.2 Å². The number of carbonyl (C=O) groups excluding carboxylic acids is 1. The van der Waals surface area contributed by atoms with Gasteiger partial charge in [0.2, 0.25) is 0 Å². The van der Waals surface area contributed by atoms with Gasteiger partial charge < -0.3 is 10.2 Å².